The number of aromatic nitrogens is 3. The summed E-state index contributed by atoms with van der Waals surface area (Å²) >= 11 is 0. The van der Waals surface area contributed by atoms with Gasteiger partial charge < -0.3 is 15.8 Å². The van der Waals surface area contributed by atoms with Gasteiger partial charge in [-0.2, -0.15) is 5.10 Å². The summed E-state index contributed by atoms with van der Waals surface area (Å²) in [6, 6.07) is 3.84. The summed E-state index contributed by atoms with van der Waals surface area (Å²) in [5.41, 5.74) is 7.23. The minimum Gasteiger partial charge on any atom is -0.380 e. The SMILES string of the molecule is COC(CN)CC(=O)Nc1cnn(Cc2ccncc2)c1. The van der Waals surface area contributed by atoms with E-state index in [0.717, 1.165) is 5.56 Å². The number of anilines is 1. The lowest BCUT2D eigenvalue weighted by Crippen LogP contribution is -2.28. The third kappa shape index (κ3) is 4.66. The number of methoxy groups -OCH3 is 1. The first-order chi connectivity index (χ1) is 10.2. The molecule has 0 saturated heterocycles. The van der Waals surface area contributed by atoms with Crippen LogP contribution in [0.4, 0.5) is 5.69 Å². The molecule has 1 amide bonds. The third-order valence-corrected chi connectivity index (χ3v) is 3.02. The van der Waals surface area contributed by atoms with E-state index in [1.54, 1.807) is 29.5 Å². The average molecular weight is 289 g/mol. The van der Waals surface area contributed by atoms with Gasteiger partial charge in [0.1, 0.15) is 0 Å². The topological polar surface area (TPSA) is 95.1 Å². The summed E-state index contributed by atoms with van der Waals surface area (Å²) in [5.74, 6) is -0.143. The Bertz CT molecular complexity index is 566. The van der Waals surface area contributed by atoms with Crippen LogP contribution in [0.25, 0.3) is 0 Å². The van der Waals surface area contributed by atoms with Gasteiger partial charge >= 0.3 is 0 Å². The minimum atomic E-state index is -0.267. The molecule has 0 aliphatic rings. The summed E-state index contributed by atoms with van der Waals surface area (Å²) in [7, 11) is 1.54. The minimum absolute atomic E-state index is 0.143. The predicted molar refractivity (Wildman–Crippen MR) is 78.7 cm³/mol. The fourth-order valence-electron chi connectivity index (χ4n) is 1.87. The molecule has 0 radical (unpaired) electrons. The maximum absolute atomic E-state index is 11.8. The number of carbonyl (C=O) groups is 1. The van der Waals surface area contributed by atoms with Crippen molar-refractivity contribution in [1.29, 1.82) is 0 Å². The van der Waals surface area contributed by atoms with Gasteiger partial charge in [-0.15, -0.1) is 0 Å². The number of carbonyl (C=O) groups excluding carboxylic acids is 1. The molecule has 21 heavy (non-hydrogen) atoms. The van der Waals surface area contributed by atoms with Gasteiger partial charge in [-0.1, -0.05) is 0 Å². The van der Waals surface area contributed by atoms with E-state index >= 15 is 0 Å². The number of hydrogen-bond donors (Lipinski definition) is 2. The maximum atomic E-state index is 11.8. The molecule has 3 N–H and O–H groups in total. The lowest BCUT2D eigenvalue weighted by molar-refractivity contribution is -0.118. The van der Waals surface area contributed by atoms with E-state index in [0.29, 0.717) is 18.8 Å². The van der Waals surface area contributed by atoms with Crippen molar-refractivity contribution in [3.05, 3.63) is 42.5 Å². The van der Waals surface area contributed by atoms with Crippen molar-refractivity contribution < 1.29 is 9.53 Å². The number of hydrogen-bond acceptors (Lipinski definition) is 5. The van der Waals surface area contributed by atoms with Crippen LogP contribution in [0.5, 0.6) is 0 Å². The largest absolute Gasteiger partial charge is 0.380 e. The van der Waals surface area contributed by atoms with Crippen LogP contribution in [0.3, 0.4) is 0 Å². The fraction of sp³-hybridized carbons (Fsp3) is 0.357. The van der Waals surface area contributed by atoms with E-state index in [-0.39, 0.29) is 18.4 Å². The third-order valence-electron chi connectivity index (χ3n) is 3.02. The molecule has 7 nitrogen and oxygen atoms in total. The summed E-state index contributed by atoms with van der Waals surface area (Å²) in [5, 5.41) is 6.99. The highest BCUT2D eigenvalue weighted by atomic mass is 16.5. The number of nitrogens with one attached hydrogen (secondary N) is 1. The van der Waals surface area contributed by atoms with Gasteiger partial charge in [0.2, 0.25) is 5.91 Å². The van der Waals surface area contributed by atoms with Gasteiger partial charge in [0, 0.05) is 32.2 Å². The van der Waals surface area contributed by atoms with Crippen molar-refractivity contribution in [1.82, 2.24) is 14.8 Å². The Morgan fingerprint density at radius 2 is 2.24 bits per heavy atom. The van der Waals surface area contributed by atoms with Crippen LogP contribution >= 0.6 is 0 Å². The van der Waals surface area contributed by atoms with Crippen LogP contribution in [0.2, 0.25) is 0 Å². The number of amides is 1. The maximum Gasteiger partial charge on any atom is 0.227 e. The first-order valence-electron chi connectivity index (χ1n) is 6.65. The van der Waals surface area contributed by atoms with Crippen molar-refractivity contribution in [2.75, 3.05) is 19.0 Å². The van der Waals surface area contributed by atoms with Gasteiger partial charge in [0.05, 0.1) is 31.0 Å². The molecular formula is C14H19N5O2. The van der Waals surface area contributed by atoms with E-state index < -0.39 is 0 Å². The second kappa shape index (κ2) is 7.51. The molecule has 1 unspecified atom stereocenters. The first-order valence-corrected chi connectivity index (χ1v) is 6.65. The van der Waals surface area contributed by atoms with Crippen molar-refractivity contribution in [3.63, 3.8) is 0 Å². The normalized spacial score (nSPS) is 12.1. The van der Waals surface area contributed by atoms with Crippen LogP contribution in [-0.2, 0) is 16.1 Å². The highest BCUT2D eigenvalue weighted by molar-refractivity contribution is 5.90. The van der Waals surface area contributed by atoms with Crippen LogP contribution < -0.4 is 11.1 Å². The van der Waals surface area contributed by atoms with Crippen molar-refractivity contribution in [2.24, 2.45) is 5.73 Å². The van der Waals surface area contributed by atoms with Gasteiger partial charge in [0.25, 0.3) is 0 Å². The number of ether oxygens (including phenoxy) is 1. The number of pyridine rings is 1. The number of rotatable bonds is 7. The second-order valence-corrected chi connectivity index (χ2v) is 4.63. The molecule has 112 valence electrons. The van der Waals surface area contributed by atoms with Crippen molar-refractivity contribution in [2.45, 2.75) is 19.1 Å². The second-order valence-electron chi connectivity index (χ2n) is 4.63. The summed E-state index contributed by atoms with van der Waals surface area (Å²) in [4.78, 5) is 15.8. The van der Waals surface area contributed by atoms with E-state index in [1.165, 1.54) is 7.11 Å². The fourth-order valence-corrected chi connectivity index (χ4v) is 1.87. The predicted octanol–water partition coefficient (Wildman–Crippen LogP) is 0.629. The number of nitrogens with zero attached hydrogens (tertiary/aromatic N) is 3. The summed E-state index contributed by atoms with van der Waals surface area (Å²) in [6.07, 6.45) is 6.82. The monoisotopic (exact) mass is 289 g/mol. The molecule has 7 heteroatoms. The van der Waals surface area contributed by atoms with Gasteiger partial charge in [-0.25, -0.2) is 0 Å². The Hall–Kier alpha value is -2.25. The van der Waals surface area contributed by atoms with Gasteiger partial charge in [-0.3, -0.25) is 14.5 Å². The molecular weight excluding hydrogens is 270 g/mol. The van der Waals surface area contributed by atoms with E-state index in [4.69, 9.17) is 10.5 Å². The Balaban J connectivity index is 1.89. The van der Waals surface area contributed by atoms with Crippen LogP contribution in [0.1, 0.15) is 12.0 Å². The van der Waals surface area contributed by atoms with Crippen LogP contribution in [0, 0.1) is 0 Å². The smallest absolute Gasteiger partial charge is 0.227 e. The summed E-state index contributed by atoms with van der Waals surface area (Å²) < 4.78 is 6.83. The molecule has 0 bridgehead atoms. The first kappa shape index (κ1) is 15.1. The van der Waals surface area contributed by atoms with Crippen LogP contribution in [-0.4, -0.2) is 40.4 Å². The van der Waals surface area contributed by atoms with Gasteiger partial charge in [0.15, 0.2) is 0 Å². The molecule has 0 saturated carbocycles. The molecule has 2 aromatic heterocycles. The lowest BCUT2D eigenvalue weighted by atomic mass is 10.2. The van der Waals surface area contributed by atoms with Gasteiger partial charge in [-0.05, 0) is 17.7 Å². The Morgan fingerprint density at radius 3 is 2.90 bits per heavy atom. The average Bonchev–Trinajstić information content (AvgIpc) is 2.92. The zero-order valence-electron chi connectivity index (χ0n) is 11.9. The highest BCUT2D eigenvalue weighted by Gasteiger charge is 2.12. The molecule has 2 aromatic rings. The lowest BCUT2D eigenvalue weighted by Gasteiger charge is -2.11. The Kier molecular flexibility index (Phi) is 5.42. The van der Waals surface area contributed by atoms with Crippen molar-refractivity contribution >= 4 is 11.6 Å². The molecule has 0 aromatic carbocycles. The molecule has 1 atom stereocenters. The molecule has 0 aliphatic heterocycles. The zero-order chi connectivity index (χ0) is 15.1. The molecule has 0 aliphatic carbocycles. The molecule has 2 heterocycles. The summed E-state index contributed by atoms with van der Waals surface area (Å²) in [6.45, 7) is 0.938. The van der Waals surface area contributed by atoms with Crippen LogP contribution in [0.15, 0.2) is 36.9 Å². The van der Waals surface area contributed by atoms with Crippen molar-refractivity contribution in [3.8, 4) is 0 Å². The van der Waals surface area contributed by atoms with E-state index in [1.807, 2.05) is 12.1 Å². The van der Waals surface area contributed by atoms with E-state index in [9.17, 15) is 4.79 Å². The Labute approximate surface area is 123 Å². The quantitative estimate of drug-likeness (QED) is 0.779. The molecule has 2 rings (SSSR count). The van der Waals surface area contributed by atoms with E-state index in [2.05, 4.69) is 15.4 Å². The standard InChI is InChI=1S/C14H19N5O2/c1-21-13(7-15)6-14(20)18-12-8-17-19(10-12)9-11-2-4-16-5-3-11/h2-5,8,10,13H,6-7,9,15H2,1H3,(H,18,20). The number of nitrogens with two attached hydrogens (primary N) is 1. The molecule has 0 spiro atoms. The zero-order valence-corrected chi connectivity index (χ0v) is 11.9. The highest BCUT2D eigenvalue weighted by Crippen LogP contribution is 2.08. The Morgan fingerprint density at radius 1 is 1.48 bits per heavy atom. The molecule has 0 fully saturated rings.